The van der Waals surface area contributed by atoms with Gasteiger partial charge in [-0.05, 0) is 63.7 Å². The van der Waals surface area contributed by atoms with Crippen molar-refractivity contribution in [2.45, 2.75) is 105 Å². The third-order valence-electron chi connectivity index (χ3n) is 6.95. The van der Waals surface area contributed by atoms with Crippen LogP contribution >= 0.6 is 21.6 Å². The zero-order chi connectivity index (χ0) is 32.9. The van der Waals surface area contributed by atoms with E-state index in [1.54, 1.807) is 21.6 Å². The van der Waals surface area contributed by atoms with Gasteiger partial charge in [-0.25, -0.2) is 0 Å². The minimum Gasteiger partial charge on any atom is -0.383 e. The summed E-state index contributed by atoms with van der Waals surface area (Å²) in [6.45, 7) is 11.2. The molecule has 250 valence electrons. The van der Waals surface area contributed by atoms with Crippen LogP contribution in [0.25, 0.3) is 0 Å². The van der Waals surface area contributed by atoms with Gasteiger partial charge in [-0.15, -0.1) is 0 Å². The summed E-state index contributed by atoms with van der Waals surface area (Å²) >= 11 is 0. The highest BCUT2D eigenvalue weighted by molar-refractivity contribution is 8.76. The average molecular weight is 650 g/mol. The largest absolute Gasteiger partial charge is 0.383 e. The molecule has 0 saturated heterocycles. The summed E-state index contributed by atoms with van der Waals surface area (Å²) in [5, 5.41) is 18.5. The Morgan fingerprint density at radius 3 is 1.73 bits per heavy atom. The molecule has 3 amide bonds. The topological polar surface area (TPSA) is 108 Å². The Hall–Kier alpha value is -2.23. The van der Waals surface area contributed by atoms with Gasteiger partial charge >= 0.3 is 0 Å². The highest BCUT2D eigenvalue weighted by atomic mass is 33.1. The highest BCUT2D eigenvalue weighted by Gasteiger charge is 2.31. The van der Waals surface area contributed by atoms with Crippen LogP contribution in [0.5, 0.6) is 0 Å². The number of nitrogens with one attached hydrogen (secondary N) is 3. The maximum Gasteiger partial charge on any atom is 0.249 e. The summed E-state index contributed by atoms with van der Waals surface area (Å²) < 4.78 is 0. The van der Waals surface area contributed by atoms with Crippen LogP contribution in [-0.2, 0) is 14.4 Å². The van der Waals surface area contributed by atoms with E-state index in [1.807, 2.05) is 20.8 Å². The van der Waals surface area contributed by atoms with Gasteiger partial charge in [0.15, 0.2) is 0 Å². The van der Waals surface area contributed by atoms with Crippen molar-refractivity contribution in [3.8, 4) is 0 Å². The van der Waals surface area contributed by atoms with Crippen molar-refractivity contribution < 1.29 is 19.5 Å². The maximum absolute atomic E-state index is 12.1. The van der Waals surface area contributed by atoms with Crippen LogP contribution in [0.15, 0.2) is 60.3 Å². The molecular formula is C35H59N3O4S2. The van der Waals surface area contributed by atoms with Crippen molar-refractivity contribution in [3.05, 3.63) is 60.3 Å². The second-order valence-corrected chi connectivity index (χ2v) is 14.0. The van der Waals surface area contributed by atoms with Gasteiger partial charge in [-0.2, -0.15) is 0 Å². The molecule has 0 fully saturated rings. The van der Waals surface area contributed by atoms with E-state index in [1.165, 1.54) is 5.57 Å². The summed E-state index contributed by atoms with van der Waals surface area (Å²) in [6, 6.07) is 0. The van der Waals surface area contributed by atoms with Crippen molar-refractivity contribution in [1.82, 2.24) is 16.0 Å². The lowest BCUT2D eigenvalue weighted by Crippen LogP contribution is -2.44. The number of carbonyl (C=O) groups is 3. The van der Waals surface area contributed by atoms with E-state index < -0.39 is 17.4 Å². The van der Waals surface area contributed by atoms with E-state index in [-0.39, 0.29) is 24.8 Å². The zero-order valence-electron chi connectivity index (χ0n) is 27.9. The number of carbonyl (C=O) groups excluding carboxylic acids is 3. The summed E-state index contributed by atoms with van der Waals surface area (Å²) in [7, 11) is 3.32. The maximum atomic E-state index is 12.1. The number of allylic oxidation sites excluding steroid dienone is 10. The Balaban J connectivity index is 3.71. The van der Waals surface area contributed by atoms with Gasteiger partial charge in [0.1, 0.15) is 6.10 Å². The molecule has 0 bridgehead atoms. The summed E-state index contributed by atoms with van der Waals surface area (Å²) in [5.41, 5.74) is 0.819. The molecule has 7 nitrogen and oxygen atoms in total. The van der Waals surface area contributed by atoms with Crippen LogP contribution in [0.1, 0.15) is 98.8 Å². The molecule has 44 heavy (non-hydrogen) atoms. The normalized spacial score (nSPS) is 13.4. The molecule has 0 unspecified atom stereocenters. The van der Waals surface area contributed by atoms with Crippen molar-refractivity contribution >= 4 is 39.3 Å². The van der Waals surface area contributed by atoms with Crippen LogP contribution in [0.4, 0.5) is 0 Å². The van der Waals surface area contributed by atoms with Crippen molar-refractivity contribution in [3.63, 3.8) is 0 Å². The second-order valence-electron chi connectivity index (χ2n) is 11.3. The molecule has 0 saturated carbocycles. The summed E-state index contributed by atoms with van der Waals surface area (Å²) in [4.78, 5) is 36.0. The number of aliphatic hydroxyl groups is 1. The Kier molecular flexibility index (Phi) is 26.8. The number of amides is 3. The van der Waals surface area contributed by atoms with Crippen LogP contribution in [0.3, 0.4) is 0 Å². The van der Waals surface area contributed by atoms with Gasteiger partial charge in [0.25, 0.3) is 0 Å². The van der Waals surface area contributed by atoms with Gasteiger partial charge in [0.05, 0.1) is 0 Å². The lowest BCUT2D eigenvalue weighted by molar-refractivity contribution is -0.135. The van der Waals surface area contributed by atoms with Gasteiger partial charge in [0.2, 0.25) is 17.7 Å². The van der Waals surface area contributed by atoms with Crippen LogP contribution in [0, 0.1) is 5.41 Å². The fraction of sp³-hybridized carbons (Fsp3) is 0.629. The number of rotatable bonds is 26. The minimum absolute atomic E-state index is 0.0903. The molecule has 0 aliphatic rings. The van der Waals surface area contributed by atoms with Gasteiger partial charge in [0, 0.05) is 44.0 Å². The Bertz CT molecular complexity index is 942. The predicted octanol–water partition coefficient (Wildman–Crippen LogP) is 7.22. The van der Waals surface area contributed by atoms with Crippen molar-refractivity contribution in [1.29, 1.82) is 0 Å². The van der Waals surface area contributed by atoms with Crippen LogP contribution < -0.4 is 16.0 Å². The Morgan fingerprint density at radius 1 is 0.705 bits per heavy atom. The molecule has 0 aliphatic heterocycles. The van der Waals surface area contributed by atoms with Crippen molar-refractivity contribution in [2.24, 2.45) is 5.41 Å². The van der Waals surface area contributed by atoms with Crippen LogP contribution in [-0.4, -0.2) is 60.1 Å². The molecule has 0 aliphatic carbocycles. The molecule has 9 heteroatoms. The Morgan fingerprint density at radius 2 is 1.20 bits per heavy atom. The van der Waals surface area contributed by atoms with E-state index in [9.17, 15) is 19.5 Å². The summed E-state index contributed by atoms with van der Waals surface area (Å²) in [6.07, 6.45) is 26.9. The molecule has 0 rings (SSSR count). The van der Waals surface area contributed by atoms with Gasteiger partial charge in [-0.1, -0.05) is 110 Å². The molecular weight excluding hydrogens is 591 g/mol. The number of hydrogen-bond acceptors (Lipinski definition) is 6. The molecule has 0 aromatic rings. The SMILES string of the molecule is CC/C=C\C/C=C\C/C=C\C/C=C\C/C=C(\C)CCCC(=O)NCCSSCCNC(=O)CCNC(=O)[C@H](O)C(C)(C)CC. The second kappa shape index (κ2) is 28.3. The van der Waals surface area contributed by atoms with E-state index >= 15 is 0 Å². The number of aliphatic hydroxyl groups excluding tert-OH is 1. The smallest absolute Gasteiger partial charge is 0.249 e. The summed E-state index contributed by atoms with van der Waals surface area (Å²) in [5.74, 6) is 1.08. The third-order valence-corrected chi connectivity index (χ3v) is 9.35. The molecule has 4 N–H and O–H groups in total. The lowest BCUT2D eigenvalue weighted by atomic mass is 9.83. The van der Waals surface area contributed by atoms with E-state index in [2.05, 4.69) is 84.5 Å². The predicted molar refractivity (Wildman–Crippen MR) is 192 cm³/mol. The van der Waals surface area contributed by atoms with Gasteiger partial charge in [-0.3, -0.25) is 14.4 Å². The van der Waals surface area contributed by atoms with Crippen molar-refractivity contribution in [2.75, 3.05) is 31.1 Å². The third kappa shape index (κ3) is 25.1. The minimum atomic E-state index is -1.09. The quantitative estimate of drug-likeness (QED) is 0.0448. The van der Waals surface area contributed by atoms with E-state index in [4.69, 9.17) is 0 Å². The number of hydrogen-bond donors (Lipinski definition) is 4. The fourth-order valence-corrected chi connectivity index (χ4v) is 5.49. The van der Waals surface area contributed by atoms with Crippen LogP contribution in [0.2, 0.25) is 0 Å². The Labute approximate surface area is 275 Å². The molecule has 0 aromatic carbocycles. The average Bonchev–Trinajstić information content (AvgIpc) is 3.00. The molecule has 0 spiro atoms. The fourth-order valence-electron chi connectivity index (χ4n) is 3.68. The standard InChI is InChI=1S/C35H59N3O4S2/c1-6-8-9-10-11-12-13-14-15-16-17-18-19-21-30(3)22-20-23-31(39)36-26-28-43-44-29-27-37-32(40)24-25-38-34(42)33(41)35(4,5)7-2/h8-9,11-12,14-15,17-18,21,33,41H,6-7,10,13,16,19-20,22-29H2,1-5H3,(H,36,39)(H,37,40)(H,38,42)/b9-8-,12-11-,15-14-,18-17-,30-21+/t33-/m0/s1. The first-order chi connectivity index (χ1) is 21.1. The first kappa shape index (κ1) is 41.8. The molecule has 0 aromatic heterocycles. The molecule has 0 heterocycles. The molecule has 1 atom stereocenters. The first-order valence-corrected chi connectivity index (χ1v) is 18.6. The zero-order valence-corrected chi connectivity index (χ0v) is 29.5. The van der Waals surface area contributed by atoms with E-state index in [0.717, 1.165) is 56.5 Å². The monoisotopic (exact) mass is 649 g/mol. The highest BCUT2D eigenvalue weighted by Crippen LogP contribution is 2.24. The molecule has 0 radical (unpaired) electrons. The lowest BCUT2D eigenvalue weighted by Gasteiger charge is -2.28. The van der Waals surface area contributed by atoms with Gasteiger partial charge < -0.3 is 21.1 Å². The first-order valence-electron chi connectivity index (χ1n) is 16.1. The van der Waals surface area contributed by atoms with E-state index in [0.29, 0.717) is 25.9 Å².